The van der Waals surface area contributed by atoms with E-state index in [4.69, 9.17) is 4.74 Å². The number of esters is 1. The molecule has 1 aliphatic rings. The number of carbonyl (C=O) groups is 2. The molecule has 0 N–H and O–H groups in total. The van der Waals surface area contributed by atoms with Crippen LogP contribution in [0.5, 0.6) is 0 Å². The average molecular weight is 557 g/mol. The molecule has 1 aliphatic heterocycles. The molecule has 0 spiro atoms. The van der Waals surface area contributed by atoms with E-state index in [1.165, 1.54) is 17.0 Å². The maximum absolute atomic E-state index is 14.4. The quantitative estimate of drug-likeness (QED) is 0.254. The summed E-state index contributed by atoms with van der Waals surface area (Å²) in [7, 11) is -4.35. The minimum Gasteiger partial charge on any atom is -0.458 e. The summed E-state index contributed by atoms with van der Waals surface area (Å²) in [4.78, 5) is 29.7. The van der Waals surface area contributed by atoms with Gasteiger partial charge in [0.25, 0.3) is 10.0 Å². The molecule has 1 heterocycles. The number of hydrogen-bond donors (Lipinski definition) is 0. The lowest BCUT2D eigenvalue weighted by atomic mass is 9.95. The summed E-state index contributed by atoms with van der Waals surface area (Å²) in [5, 5.41) is 1.88. The van der Waals surface area contributed by atoms with Crippen molar-refractivity contribution in [2.75, 3.05) is 0 Å². The minimum absolute atomic E-state index is 0.0353. The van der Waals surface area contributed by atoms with E-state index in [-0.39, 0.29) is 4.90 Å². The summed E-state index contributed by atoms with van der Waals surface area (Å²) < 4.78 is 34.9. The Hall–Kier alpha value is -4.17. The van der Waals surface area contributed by atoms with E-state index in [1.54, 1.807) is 69.3 Å². The SMILES string of the molecule is CC(c1cccc2ccccc12)N1C(=O)N(S(=O)(=O)c2ccccc2)C(c2ccccc2)C1C(=O)OC(C)(C)C. The van der Waals surface area contributed by atoms with Crippen molar-refractivity contribution in [3.63, 3.8) is 0 Å². The molecule has 40 heavy (non-hydrogen) atoms. The standard InChI is InChI=1S/C32H32N2O5S/c1-22(26-21-13-17-23-14-11-12-20-27(23)26)33-29(30(35)39-32(2,3)4)28(24-15-7-5-8-16-24)34(31(33)36)40(37,38)25-18-9-6-10-19-25/h5-22,28-29H,1-4H3. The number of nitrogens with zero attached hydrogens (tertiary/aromatic N) is 2. The molecule has 7 nitrogen and oxygen atoms in total. The molecule has 0 saturated carbocycles. The Morgan fingerprint density at radius 3 is 2.05 bits per heavy atom. The third kappa shape index (κ3) is 4.95. The van der Waals surface area contributed by atoms with E-state index in [9.17, 15) is 18.0 Å². The summed E-state index contributed by atoms with van der Waals surface area (Å²) >= 11 is 0. The second-order valence-electron chi connectivity index (χ2n) is 10.9. The van der Waals surface area contributed by atoms with E-state index in [0.717, 1.165) is 20.6 Å². The normalized spacial score (nSPS) is 18.6. The molecule has 5 rings (SSSR count). The van der Waals surface area contributed by atoms with Crippen LogP contribution in [0.25, 0.3) is 10.8 Å². The number of benzene rings is 4. The summed E-state index contributed by atoms with van der Waals surface area (Å²) in [6.45, 7) is 7.06. The second-order valence-corrected chi connectivity index (χ2v) is 12.7. The van der Waals surface area contributed by atoms with Gasteiger partial charge in [-0.25, -0.2) is 22.3 Å². The predicted molar refractivity (Wildman–Crippen MR) is 154 cm³/mol. The number of rotatable bonds is 6. The van der Waals surface area contributed by atoms with Gasteiger partial charge in [-0.15, -0.1) is 0 Å². The van der Waals surface area contributed by atoms with Crippen molar-refractivity contribution in [1.82, 2.24) is 9.21 Å². The van der Waals surface area contributed by atoms with Crippen molar-refractivity contribution in [3.8, 4) is 0 Å². The highest BCUT2D eigenvalue weighted by Gasteiger charge is 2.57. The van der Waals surface area contributed by atoms with Crippen LogP contribution in [0.1, 0.15) is 50.9 Å². The highest BCUT2D eigenvalue weighted by atomic mass is 32.2. The van der Waals surface area contributed by atoms with Crippen LogP contribution in [-0.2, 0) is 19.6 Å². The van der Waals surface area contributed by atoms with Gasteiger partial charge in [-0.3, -0.25) is 0 Å². The highest BCUT2D eigenvalue weighted by molar-refractivity contribution is 7.89. The molecule has 4 aromatic carbocycles. The molecule has 0 radical (unpaired) electrons. The van der Waals surface area contributed by atoms with Crippen molar-refractivity contribution >= 4 is 32.8 Å². The average Bonchev–Trinajstić information content (AvgIpc) is 3.26. The first-order valence-corrected chi connectivity index (χ1v) is 14.6. The van der Waals surface area contributed by atoms with Gasteiger partial charge in [0.1, 0.15) is 11.6 Å². The topological polar surface area (TPSA) is 84.0 Å². The highest BCUT2D eigenvalue weighted by Crippen LogP contribution is 2.45. The maximum Gasteiger partial charge on any atom is 0.335 e. The van der Waals surface area contributed by atoms with Gasteiger partial charge in [-0.05, 0) is 61.7 Å². The van der Waals surface area contributed by atoms with Gasteiger partial charge in [0.05, 0.1) is 10.9 Å². The first-order chi connectivity index (χ1) is 19.0. The number of sulfonamides is 1. The fourth-order valence-corrected chi connectivity index (χ4v) is 6.90. The van der Waals surface area contributed by atoms with E-state index in [0.29, 0.717) is 5.56 Å². The van der Waals surface area contributed by atoms with E-state index >= 15 is 0 Å². The Morgan fingerprint density at radius 2 is 1.40 bits per heavy atom. The minimum atomic E-state index is -4.35. The number of amides is 2. The molecule has 3 atom stereocenters. The molecule has 8 heteroatoms. The number of ether oxygens (including phenoxy) is 1. The van der Waals surface area contributed by atoms with Crippen LogP contribution in [0.15, 0.2) is 108 Å². The maximum atomic E-state index is 14.4. The summed E-state index contributed by atoms with van der Waals surface area (Å²) in [6.07, 6.45) is 0. The summed E-state index contributed by atoms with van der Waals surface area (Å²) in [5.74, 6) is -0.674. The number of carbonyl (C=O) groups excluding carboxylic acids is 2. The van der Waals surface area contributed by atoms with Gasteiger partial charge in [0, 0.05) is 0 Å². The summed E-state index contributed by atoms with van der Waals surface area (Å²) in [5.41, 5.74) is 0.450. The van der Waals surface area contributed by atoms with E-state index < -0.39 is 45.8 Å². The Morgan fingerprint density at radius 1 is 0.825 bits per heavy atom. The smallest absolute Gasteiger partial charge is 0.335 e. The monoisotopic (exact) mass is 556 g/mol. The van der Waals surface area contributed by atoms with Crippen LogP contribution in [0.4, 0.5) is 4.79 Å². The van der Waals surface area contributed by atoms with Crippen LogP contribution in [0.3, 0.4) is 0 Å². The van der Waals surface area contributed by atoms with Crippen molar-refractivity contribution in [2.24, 2.45) is 0 Å². The fraction of sp³-hybridized carbons (Fsp3) is 0.250. The zero-order valence-corrected chi connectivity index (χ0v) is 23.7. The molecule has 3 unspecified atom stereocenters. The van der Waals surface area contributed by atoms with Crippen molar-refractivity contribution in [3.05, 3.63) is 114 Å². The van der Waals surface area contributed by atoms with Gasteiger partial charge in [0.15, 0.2) is 6.04 Å². The first kappa shape index (κ1) is 27.4. The van der Waals surface area contributed by atoms with Crippen LogP contribution in [0.2, 0.25) is 0 Å². The van der Waals surface area contributed by atoms with Crippen LogP contribution in [0, 0.1) is 0 Å². The summed E-state index contributed by atoms with van der Waals surface area (Å²) in [6, 6.07) is 26.3. The molecule has 4 aromatic rings. The lowest BCUT2D eigenvalue weighted by molar-refractivity contribution is -0.161. The van der Waals surface area contributed by atoms with Gasteiger partial charge >= 0.3 is 12.0 Å². The van der Waals surface area contributed by atoms with Gasteiger partial charge < -0.3 is 9.64 Å². The largest absolute Gasteiger partial charge is 0.458 e. The first-order valence-electron chi connectivity index (χ1n) is 13.2. The van der Waals surface area contributed by atoms with Crippen molar-refractivity contribution in [2.45, 2.75) is 56.3 Å². The third-order valence-electron chi connectivity index (χ3n) is 7.04. The molecule has 1 saturated heterocycles. The molecule has 0 aromatic heterocycles. The lowest BCUT2D eigenvalue weighted by Gasteiger charge is -2.33. The Labute approximate surface area is 235 Å². The van der Waals surface area contributed by atoms with Crippen LogP contribution in [-0.4, -0.2) is 41.3 Å². The molecule has 206 valence electrons. The van der Waals surface area contributed by atoms with Gasteiger partial charge in [-0.2, -0.15) is 0 Å². The zero-order chi connectivity index (χ0) is 28.7. The molecule has 1 fully saturated rings. The molecule has 0 aliphatic carbocycles. The molecule has 2 amide bonds. The Bertz CT molecular complexity index is 1640. The lowest BCUT2D eigenvalue weighted by Crippen LogP contribution is -2.45. The van der Waals surface area contributed by atoms with E-state index in [2.05, 4.69) is 0 Å². The van der Waals surface area contributed by atoms with Crippen LogP contribution < -0.4 is 0 Å². The van der Waals surface area contributed by atoms with Crippen molar-refractivity contribution < 1.29 is 22.7 Å². The number of fused-ring (bicyclic) bond motifs is 1. The van der Waals surface area contributed by atoms with Gasteiger partial charge in [-0.1, -0.05) is 91.0 Å². The molecular formula is C32H32N2O5S. The van der Waals surface area contributed by atoms with Crippen molar-refractivity contribution in [1.29, 1.82) is 0 Å². The molecular weight excluding hydrogens is 524 g/mol. The second kappa shape index (κ2) is 10.4. The predicted octanol–water partition coefficient (Wildman–Crippen LogP) is 6.48. The third-order valence-corrected chi connectivity index (χ3v) is 8.81. The molecule has 0 bridgehead atoms. The van der Waals surface area contributed by atoms with Gasteiger partial charge in [0.2, 0.25) is 0 Å². The van der Waals surface area contributed by atoms with Crippen LogP contribution >= 0.6 is 0 Å². The Balaban J connectivity index is 1.74. The van der Waals surface area contributed by atoms with E-state index in [1.807, 2.05) is 49.4 Å². The zero-order valence-electron chi connectivity index (χ0n) is 22.9. The fourth-order valence-electron chi connectivity index (χ4n) is 5.33. The number of urea groups is 1. The number of hydrogen-bond acceptors (Lipinski definition) is 5. The Kier molecular flexibility index (Phi) is 7.14.